The van der Waals surface area contributed by atoms with Gasteiger partial charge in [-0.1, -0.05) is 52.3 Å². The zero-order valence-electron chi connectivity index (χ0n) is 15.6. The normalized spacial score (nSPS) is 11.4. The van der Waals surface area contributed by atoms with E-state index in [2.05, 4.69) is 70.9 Å². The average Bonchev–Trinajstić information content (AvgIpc) is 3.11. The highest BCUT2D eigenvalue weighted by Crippen LogP contribution is 2.34. The summed E-state index contributed by atoms with van der Waals surface area (Å²) in [6.07, 6.45) is 1.94. The molecule has 0 aliphatic heterocycles. The molecule has 0 fully saturated rings. The molecule has 2 heterocycles. The fourth-order valence-corrected chi connectivity index (χ4v) is 3.97. The molecule has 0 saturated heterocycles. The maximum absolute atomic E-state index is 5.04. The minimum absolute atomic E-state index is 0.947. The highest BCUT2D eigenvalue weighted by molar-refractivity contribution is 9.10. The van der Waals surface area contributed by atoms with Gasteiger partial charge in [-0.2, -0.15) is 5.10 Å². The lowest BCUT2D eigenvalue weighted by Gasteiger charge is -2.08. The van der Waals surface area contributed by atoms with E-state index in [-0.39, 0.29) is 0 Å². The highest BCUT2D eigenvalue weighted by Gasteiger charge is 2.17. The van der Waals surface area contributed by atoms with Gasteiger partial charge in [0.05, 0.1) is 16.7 Å². The molecule has 0 saturated carbocycles. The number of aromatic nitrogens is 3. The second-order valence-electron chi connectivity index (χ2n) is 7.08. The van der Waals surface area contributed by atoms with Crippen LogP contribution in [0.15, 0.2) is 77.4 Å². The number of pyridine rings is 1. The lowest BCUT2D eigenvalue weighted by atomic mass is 10.1. The third-order valence-corrected chi connectivity index (χ3v) is 5.74. The van der Waals surface area contributed by atoms with E-state index < -0.39 is 0 Å². The molecule has 0 amide bonds. The number of halogens is 1. The van der Waals surface area contributed by atoms with Crippen molar-refractivity contribution in [2.24, 2.45) is 0 Å². The van der Waals surface area contributed by atoms with E-state index in [4.69, 9.17) is 10.1 Å². The van der Waals surface area contributed by atoms with Crippen molar-refractivity contribution in [3.63, 3.8) is 0 Å². The number of rotatable bonds is 2. The van der Waals surface area contributed by atoms with Crippen molar-refractivity contribution in [3.05, 3.63) is 88.5 Å². The van der Waals surface area contributed by atoms with Crippen LogP contribution in [0, 0.1) is 13.8 Å². The first-order chi connectivity index (χ1) is 13.6. The van der Waals surface area contributed by atoms with Crippen LogP contribution in [-0.4, -0.2) is 14.8 Å². The fourth-order valence-electron chi connectivity index (χ4n) is 3.61. The molecule has 136 valence electrons. The molecule has 0 radical (unpaired) electrons. The summed E-state index contributed by atoms with van der Waals surface area (Å²) in [6.45, 7) is 4.27. The minimum atomic E-state index is 0.947. The van der Waals surface area contributed by atoms with Crippen LogP contribution in [0.1, 0.15) is 11.1 Å². The van der Waals surface area contributed by atoms with Crippen molar-refractivity contribution < 1.29 is 0 Å². The van der Waals surface area contributed by atoms with Gasteiger partial charge in [0.2, 0.25) is 0 Å². The van der Waals surface area contributed by atoms with Gasteiger partial charge in [-0.3, -0.25) is 4.98 Å². The van der Waals surface area contributed by atoms with Crippen molar-refractivity contribution in [2.75, 3.05) is 0 Å². The summed E-state index contributed by atoms with van der Waals surface area (Å²) in [5.41, 5.74) is 7.66. The van der Waals surface area contributed by atoms with E-state index >= 15 is 0 Å². The first-order valence-electron chi connectivity index (χ1n) is 9.22. The Morgan fingerprint density at radius 3 is 2.43 bits per heavy atom. The van der Waals surface area contributed by atoms with Gasteiger partial charge in [0.25, 0.3) is 0 Å². The van der Waals surface area contributed by atoms with Crippen LogP contribution in [0.4, 0.5) is 0 Å². The molecular weight excluding hydrogens is 410 g/mol. The second kappa shape index (κ2) is 6.57. The lowest BCUT2D eigenvalue weighted by molar-refractivity contribution is 0.915. The fraction of sp³-hybridized carbons (Fsp3) is 0.0833. The Hall–Kier alpha value is -2.98. The van der Waals surface area contributed by atoms with E-state index in [1.165, 1.54) is 11.1 Å². The maximum Gasteiger partial charge on any atom is 0.102 e. The molecule has 3 nitrogen and oxygen atoms in total. The Morgan fingerprint density at radius 2 is 1.64 bits per heavy atom. The summed E-state index contributed by atoms with van der Waals surface area (Å²) in [5, 5.41) is 7.18. The predicted molar refractivity (Wildman–Crippen MR) is 119 cm³/mol. The molecule has 0 N–H and O–H groups in total. The zero-order valence-corrected chi connectivity index (χ0v) is 17.2. The molecule has 0 atom stereocenters. The third kappa shape index (κ3) is 2.72. The molecule has 4 heteroatoms. The molecule has 28 heavy (non-hydrogen) atoms. The summed E-state index contributed by atoms with van der Waals surface area (Å²) in [4.78, 5) is 4.70. The van der Waals surface area contributed by atoms with Gasteiger partial charge >= 0.3 is 0 Å². The smallest absolute Gasteiger partial charge is 0.102 e. The van der Waals surface area contributed by atoms with E-state index in [0.29, 0.717) is 0 Å². The van der Waals surface area contributed by atoms with Gasteiger partial charge in [-0.05, 0) is 55.3 Å². The molecule has 0 bridgehead atoms. The molecule has 2 aromatic heterocycles. The van der Waals surface area contributed by atoms with Crippen molar-refractivity contribution in [1.82, 2.24) is 14.8 Å². The van der Waals surface area contributed by atoms with Crippen LogP contribution in [-0.2, 0) is 0 Å². The molecule has 5 rings (SSSR count). The number of hydrogen-bond acceptors (Lipinski definition) is 2. The number of nitrogens with zero attached hydrogens (tertiary/aromatic N) is 3. The largest absolute Gasteiger partial charge is 0.255 e. The summed E-state index contributed by atoms with van der Waals surface area (Å²) in [6, 6.07) is 23.0. The molecule has 0 spiro atoms. The molecule has 5 aromatic rings. The number of fused-ring (bicyclic) bond motifs is 3. The average molecular weight is 428 g/mol. The molecule has 0 aliphatic carbocycles. The Labute approximate surface area is 171 Å². The standard InChI is InChI=1S/C24H18BrN3/c1-15-8-10-19(12-16(15)2)28-24-20-13-18(25)9-11-22(20)26-14-21(24)23(27-28)17-6-4-3-5-7-17/h3-14H,1-2H3. The highest BCUT2D eigenvalue weighted by atomic mass is 79.9. The quantitative estimate of drug-likeness (QED) is 0.316. The molecule has 0 aliphatic rings. The maximum atomic E-state index is 5.04. The van der Waals surface area contributed by atoms with E-state index in [0.717, 1.165) is 43.2 Å². The topological polar surface area (TPSA) is 30.7 Å². The third-order valence-electron chi connectivity index (χ3n) is 5.25. The van der Waals surface area contributed by atoms with Crippen molar-refractivity contribution >= 4 is 37.7 Å². The summed E-state index contributed by atoms with van der Waals surface area (Å²) in [5.74, 6) is 0. The minimum Gasteiger partial charge on any atom is -0.255 e. The van der Waals surface area contributed by atoms with Crippen LogP contribution in [0.2, 0.25) is 0 Å². The number of benzene rings is 3. The summed E-state index contributed by atoms with van der Waals surface area (Å²) < 4.78 is 3.09. The predicted octanol–water partition coefficient (Wildman–Crippen LogP) is 6.62. The van der Waals surface area contributed by atoms with Crippen LogP contribution in [0.3, 0.4) is 0 Å². The van der Waals surface area contributed by atoms with Crippen LogP contribution in [0.25, 0.3) is 38.8 Å². The summed E-state index contributed by atoms with van der Waals surface area (Å²) in [7, 11) is 0. The van der Waals surface area contributed by atoms with Crippen LogP contribution in [0.5, 0.6) is 0 Å². The van der Waals surface area contributed by atoms with Gasteiger partial charge in [0, 0.05) is 27.0 Å². The van der Waals surface area contributed by atoms with Crippen molar-refractivity contribution in [2.45, 2.75) is 13.8 Å². The van der Waals surface area contributed by atoms with Crippen molar-refractivity contribution in [3.8, 4) is 16.9 Å². The Morgan fingerprint density at radius 1 is 0.821 bits per heavy atom. The Bertz CT molecular complexity index is 1340. The van der Waals surface area contributed by atoms with Gasteiger partial charge < -0.3 is 0 Å². The molecule has 0 unspecified atom stereocenters. The molecule has 3 aromatic carbocycles. The van der Waals surface area contributed by atoms with E-state index in [9.17, 15) is 0 Å². The number of aryl methyl sites for hydroxylation is 2. The van der Waals surface area contributed by atoms with E-state index in [1.54, 1.807) is 0 Å². The lowest BCUT2D eigenvalue weighted by Crippen LogP contribution is -1.98. The first-order valence-corrected chi connectivity index (χ1v) is 10.0. The van der Waals surface area contributed by atoms with Crippen LogP contribution < -0.4 is 0 Å². The molecular formula is C24H18BrN3. The monoisotopic (exact) mass is 427 g/mol. The Balaban J connectivity index is 1.92. The van der Waals surface area contributed by atoms with Gasteiger partial charge in [0.15, 0.2) is 0 Å². The zero-order chi connectivity index (χ0) is 19.3. The van der Waals surface area contributed by atoms with Gasteiger partial charge in [-0.15, -0.1) is 0 Å². The van der Waals surface area contributed by atoms with E-state index in [1.807, 2.05) is 36.5 Å². The first kappa shape index (κ1) is 17.1. The second-order valence-corrected chi connectivity index (χ2v) is 7.99. The Kier molecular flexibility index (Phi) is 4.02. The van der Waals surface area contributed by atoms with Gasteiger partial charge in [0.1, 0.15) is 5.69 Å². The summed E-state index contributed by atoms with van der Waals surface area (Å²) >= 11 is 3.61. The van der Waals surface area contributed by atoms with Crippen LogP contribution >= 0.6 is 15.9 Å². The number of hydrogen-bond donors (Lipinski definition) is 0. The SMILES string of the molecule is Cc1ccc(-n2nc(-c3ccccc3)c3cnc4ccc(Br)cc4c32)cc1C. The van der Waals surface area contributed by atoms with Gasteiger partial charge in [-0.25, -0.2) is 4.68 Å². The van der Waals surface area contributed by atoms with Crippen molar-refractivity contribution in [1.29, 1.82) is 0 Å².